The van der Waals surface area contributed by atoms with E-state index in [1.54, 1.807) is 18.9 Å². The molecule has 5 heteroatoms. The highest BCUT2D eigenvalue weighted by molar-refractivity contribution is 5.78. The summed E-state index contributed by atoms with van der Waals surface area (Å²) >= 11 is 0. The maximum absolute atomic E-state index is 11.7. The summed E-state index contributed by atoms with van der Waals surface area (Å²) in [7, 11) is 1.75. The molecule has 0 aliphatic heterocycles. The van der Waals surface area contributed by atoms with Crippen LogP contribution in [0.5, 0.6) is 0 Å². The number of nitrogens with one attached hydrogen (secondary N) is 1. The van der Waals surface area contributed by atoms with Crippen molar-refractivity contribution in [3.05, 3.63) is 35.9 Å². The molecule has 0 saturated carbocycles. The fraction of sp³-hybridized carbons (Fsp3) is 0.500. The minimum atomic E-state index is -0.842. The molecule has 2 N–H and O–H groups in total. The van der Waals surface area contributed by atoms with Gasteiger partial charge in [0.2, 0.25) is 5.91 Å². The van der Waals surface area contributed by atoms with E-state index in [0.29, 0.717) is 13.1 Å². The SMILES string of the molecule is CC(CN(C)CC(=O)NCCCc1ccccc1)C(=O)O. The number of nitrogens with zero attached hydrogens (tertiary/aromatic N) is 1. The highest BCUT2D eigenvalue weighted by Gasteiger charge is 2.15. The van der Waals surface area contributed by atoms with Crippen LogP contribution in [0.3, 0.4) is 0 Å². The van der Waals surface area contributed by atoms with Crippen LogP contribution in [0.2, 0.25) is 0 Å². The van der Waals surface area contributed by atoms with E-state index in [1.165, 1.54) is 5.56 Å². The Morgan fingerprint density at radius 3 is 2.57 bits per heavy atom. The van der Waals surface area contributed by atoms with Crippen LogP contribution >= 0.6 is 0 Å². The first-order valence-electron chi connectivity index (χ1n) is 7.21. The maximum atomic E-state index is 11.7. The summed E-state index contributed by atoms with van der Waals surface area (Å²) < 4.78 is 0. The Morgan fingerprint density at radius 2 is 1.95 bits per heavy atom. The number of amides is 1. The van der Waals surface area contributed by atoms with E-state index >= 15 is 0 Å². The van der Waals surface area contributed by atoms with Gasteiger partial charge in [0, 0.05) is 13.1 Å². The van der Waals surface area contributed by atoms with Crippen molar-refractivity contribution in [3.8, 4) is 0 Å². The van der Waals surface area contributed by atoms with Gasteiger partial charge in [0.1, 0.15) is 0 Å². The molecule has 1 amide bonds. The second kappa shape index (κ2) is 9.13. The Kier molecular flexibility index (Phi) is 7.46. The molecule has 1 aromatic carbocycles. The molecule has 0 saturated heterocycles. The number of likely N-dealkylation sites (N-methyl/N-ethyl adjacent to an activating group) is 1. The van der Waals surface area contributed by atoms with Gasteiger partial charge in [0.25, 0.3) is 0 Å². The molecule has 0 bridgehead atoms. The quantitative estimate of drug-likeness (QED) is 0.675. The Balaban J connectivity index is 2.15. The number of hydrogen-bond acceptors (Lipinski definition) is 3. The second-order valence-electron chi connectivity index (χ2n) is 5.38. The summed E-state index contributed by atoms with van der Waals surface area (Å²) in [5.74, 6) is -1.38. The van der Waals surface area contributed by atoms with Gasteiger partial charge in [-0.25, -0.2) is 0 Å². The van der Waals surface area contributed by atoms with E-state index in [2.05, 4.69) is 17.4 Å². The van der Waals surface area contributed by atoms with Gasteiger partial charge in [-0.15, -0.1) is 0 Å². The average molecular weight is 292 g/mol. The first kappa shape index (κ1) is 17.2. The summed E-state index contributed by atoms with van der Waals surface area (Å²) in [4.78, 5) is 24.2. The van der Waals surface area contributed by atoms with Crippen molar-refractivity contribution in [2.45, 2.75) is 19.8 Å². The van der Waals surface area contributed by atoms with Gasteiger partial charge in [-0.3, -0.25) is 14.5 Å². The fourth-order valence-electron chi connectivity index (χ4n) is 2.08. The lowest BCUT2D eigenvalue weighted by atomic mass is 10.1. The first-order chi connectivity index (χ1) is 9.99. The van der Waals surface area contributed by atoms with E-state index in [4.69, 9.17) is 5.11 Å². The number of carboxylic acid groups (broad SMARTS) is 1. The second-order valence-corrected chi connectivity index (χ2v) is 5.38. The zero-order chi connectivity index (χ0) is 15.7. The number of carbonyl (C=O) groups is 2. The van der Waals surface area contributed by atoms with E-state index in [1.807, 2.05) is 18.2 Å². The summed E-state index contributed by atoms with van der Waals surface area (Å²) in [5.41, 5.74) is 1.26. The molecule has 0 aliphatic rings. The molecule has 1 atom stereocenters. The largest absolute Gasteiger partial charge is 0.481 e. The van der Waals surface area contributed by atoms with Crippen molar-refractivity contribution in [2.24, 2.45) is 5.92 Å². The highest BCUT2D eigenvalue weighted by Crippen LogP contribution is 2.01. The van der Waals surface area contributed by atoms with Crippen LogP contribution in [-0.2, 0) is 16.0 Å². The van der Waals surface area contributed by atoms with Gasteiger partial charge >= 0.3 is 5.97 Å². The number of carboxylic acids is 1. The van der Waals surface area contributed by atoms with Crippen molar-refractivity contribution in [2.75, 3.05) is 26.7 Å². The summed E-state index contributed by atoms with van der Waals surface area (Å²) in [5, 5.41) is 11.7. The third-order valence-electron chi connectivity index (χ3n) is 3.23. The van der Waals surface area contributed by atoms with Crippen LogP contribution in [0.1, 0.15) is 18.9 Å². The number of aliphatic carboxylic acids is 1. The molecule has 1 aromatic rings. The number of benzene rings is 1. The van der Waals surface area contributed by atoms with Crippen molar-refractivity contribution >= 4 is 11.9 Å². The molecular formula is C16H24N2O3. The van der Waals surface area contributed by atoms with E-state index in [-0.39, 0.29) is 12.5 Å². The Morgan fingerprint density at radius 1 is 1.29 bits per heavy atom. The van der Waals surface area contributed by atoms with Crippen LogP contribution in [0.15, 0.2) is 30.3 Å². The minimum Gasteiger partial charge on any atom is -0.481 e. The van der Waals surface area contributed by atoms with E-state index < -0.39 is 11.9 Å². The Bertz CT molecular complexity index is 448. The maximum Gasteiger partial charge on any atom is 0.307 e. The molecular weight excluding hydrogens is 268 g/mol. The molecule has 0 radical (unpaired) electrons. The normalized spacial score (nSPS) is 12.1. The molecule has 5 nitrogen and oxygen atoms in total. The van der Waals surface area contributed by atoms with Gasteiger partial charge in [0.15, 0.2) is 0 Å². The molecule has 0 fully saturated rings. The molecule has 0 heterocycles. The summed E-state index contributed by atoms with van der Waals surface area (Å²) in [6.45, 7) is 2.86. The lowest BCUT2D eigenvalue weighted by Crippen LogP contribution is -2.38. The third kappa shape index (κ3) is 7.46. The third-order valence-corrected chi connectivity index (χ3v) is 3.23. The lowest BCUT2D eigenvalue weighted by molar-refractivity contribution is -0.142. The van der Waals surface area contributed by atoms with Crippen LogP contribution in [0.4, 0.5) is 0 Å². The topological polar surface area (TPSA) is 69.6 Å². The lowest BCUT2D eigenvalue weighted by Gasteiger charge is -2.18. The van der Waals surface area contributed by atoms with Crippen LogP contribution in [0, 0.1) is 5.92 Å². The zero-order valence-corrected chi connectivity index (χ0v) is 12.7. The number of rotatable bonds is 9. The van der Waals surface area contributed by atoms with Gasteiger partial charge in [-0.1, -0.05) is 37.3 Å². The fourth-order valence-corrected chi connectivity index (χ4v) is 2.08. The van der Waals surface area contributed by atoms with Gasteiger partial charge < -0.3 is 10.4 Å². The van der Waals surface area contributed by atoms with Crippen molar-refractivity contribution in [3.63, 3.8) is 0 Å². The summed E-state index contributed by atoms with van der Waals surface area (Å²) in [6, 6.07) is 10.1. The van der Waals surface area contributed by atoms with Crippen LogP contribution in [0.25, 0.3) is 0 Å². The standard InChI is InChI=1S/C16H24N2O3/c1-13(16(20)21)11-18(2)12-15(19)17-10-6-9-14-7-4-3-5-8-14/h3-5,7-8,13H,6,9-12H2,1-2H3,(H,17,19)(H,20,21). The Labute approximate surface area is 126 Å². The first-order valence-corrected chi connectivity index (χ1v) is 7.21. The molecule has 0 aliphatic carbocycles. The average Bonchev–Trinajstić information content (AvgIpc) is 2.44. The predicted molar refractivity (Wildman–Crippen MR) is 82.1 cm³/mol. The van der Waals surface area contributed by atoms with Crippen LogP contribution < -0.4 is 5.32 Å². The van der Waals surface area contributed by atoms with Crippen molar-refractivity contribution in [1.29, 1.82) is 0 Å². The van der Waals surface area contributed by atoms with Gasteiger partial charge in [0.05, 0.1) is 12.5 Å². The van der Waals surface area contributed by atoms with Gasteiger partial charge in [-0.2, -0.15) is 0 Å². The Hall–Kier alpha value is -1.88. The van der Waals surface area contributed by atoms with Crippen LogP contribution in [-0.4, -0.2) is 48.6 Å². The molecule has 1 unspecified atom stereocenters. The molecule has 116 valence electrons. The molecule has 0 aromatic heterocycles. The molecule has 21 heavy (non-hydrogen) atoms. The van der Waals surface area contributed by atoms with Crippen molar-refractivity contribution in [1.82, 2.24) is 10.2 Å². The smallest absolute Gasteiger partial charge is 0.307 e. The monoisotopic (exact) mass is 292 g/mol. The number of carbonyl (C=O) groups excluding carboxylic acids is 1. The summed E-state index contributed by atoms with van der Waals surface area (Å²) in [6.07, 6.45) is 1.83. The highest BCUT2D eigenvalue weighted by atomic mass is 16.4. The van der Waals surface area contributed by atoms with Crippen molar-refractivity contribution < 1.29 is 14.7 Å². The zero-order valence-electron chi connectivity index (χ0n) is 12.7. The molecule has 0 spiro atoms. The number of hydrogen-bond donors (Lipinski definition) is 2. The molecule has 1 rings (SSSR count). The number of aryl methyl sites for hydroxylation is 1. The minimum absolute atomic E-state index is 0.0665. The predicted octanol–water partition coefficient (Wildman–Crippen LogP) is 1.39. The van der Waals surface area contributed by atoms with Gasteiger partial charge in [-0.05, 0) is 25.5 Å². The van der Waals surface area contributed by atoms with E-state index in [0.717, 1.165) is 12.8 Å². The van der Waals surface area contributed by atoms with E-state index in [9.17, 15) is 9.59 Å².